The van der Waals surface area contributed by atoms with Gasteiger partial charge in [0.05, 0.1) is 43.2 Å². The third-order valence-corrected chi connectivity index (χ3v) is 13.2. The number of primary amides is 1. The lowest BCUT2D eigenvalue weighted by Crippen LogP contribution is -2.41. The van der Waals surface area contributed by atoms with Crippen LogP contribution in [0.2, 0.25) is 0 Å². The van der Waals surface area contributed by atoms with Gasteiger partial charge in [0.25, 0.3) is 5.09 Å². The first-order valence-corrected chi connectivity index (χ1v) is 22.4. The lowest BCUT2D eigenvalue weighted by atomic mass is 9.68. The Kier molecular flexibility index (Phi) is 23.1. The molecule has 0 saturated carbocycles. The molecule has 2 aliphatic heterocycles. The van der Waals surface area contributed by atoms with Gasteiger partial charge in [-0.2, -0.15) is 0 Å². The molecule has 6 unspecified atom stereocenters. The van der Waals surface area contributed by atoms with Crippen molar-refractivity contribution in [3.8, 4) is 118 Å². The average Bonchev–Trinajstić information content (AvgIpc) is 3.65. The molecule has 6 aliphatic rings. The van der Waals surface area contributed by atoms with Gasteiger partial charge in [0.2, 0.25) is 5.91 Å². The molecule has 2 spiro atoms. The minimum Gasteiger partial charge on any atom is -0.493 e. The first-order chi connectivity index (χ1) is 32.2. The van der Waals surface area contributed by atoms with Crippen molar-refractivity contribution in [2.45, 2.75) is 128 Å². The summed E-state index contributed by atoms with van der Waals surface area (Å²) >= 11 is 7.29. The minimum atomic E-state index is -1.50. The summed E-state index contributed by atoms with van der Waals surface area (Å²) in [7, 11) is 3.26. The van der Waals surface area contributed by atoms with Crippen molar-refractivity contribution in [3.05, 3.63) is 77.8 Å². The molecule has 382 valence electrons. The number of methoxy groups -OCH3 is 2. The number of rotatable bonds is 3. The standard InChI is InChI=1S/C18H20BrNO4.C17H20BrNO3.C17H4.3CH4.HNO3.8H2/c1-23-12-8-11(19)14-10(17(20)22)3-2-5-18-6-4-9(21)7-13(18)24-16(12)15(14)18;1-21-12-8-10(18)14-11(19)3-2-5-17-6-4-9(20)7-13(17)22-16(12)15(14)17;1-3-5-7-9-11-13-15-17-16-14-12-10-8-6-4-2;;;;2-1(3)4;;;;;;;;/h4,6,8-10,13,21H,2-3,5,7H2,1H3,(H2,20,22);4,6,8-9,11,13,20H,2-3,5,7,19H2,1H3;1H,2H3;3*1H4;(H,2,3,4);8*1H/t9-,10?,13?,18?;9-,11?,13?,17?;;;;;;;;;;;;;/m00............./s1. The van der Waals surface area contributed by atoms with Crippen LogP contribution in [0.4, 0.5) is 0 Å². The van der Waals surface area contributed by atoms with Crippen molar-refractivity contribution in [2.24, 2.45) is 11.5 Å². The summed E-state index contributed by atoms with van der Waals surface area (Å²) in [6, 6.07) is 3.79. The molecule has 2 heterocycles. The van der Waals surface area contributed by atoms with Crippen molar-refractivity contribution < 1.29 is 55.7 Å². The molecule has 2 aromatic carbocycles. The van der Waals surface area contributed by atoms with Crippen LogP contribution in [-0.2, 0) is 15.6 Å². The van der Waals surface area contributed by atoms with Gasteiger partial charge in [-0.25, -0.2) is 0 Å². The van der Waals surface area contributed by atoms with E-state index in [4.69, 9.17) is 52.2 Å². The molecule has 70 heavy (non-hydrogen) atoms. The van der Waals surface area contributed by atoms with Crippen molar-refractivity contribution >= 4 is 37.8 Å². The van der Waals surface area contributed by atoms with Gasteiger partial charge in [-0.1, -0.05) is 97.2 Å². The Morgan fingerprint density at radius 2 is 1.16 bits per heavy atom. The zero-order valence-electron chi connectivity index (χ0n) is 36.7. The molecule has 0 fully saturated rings. The van der Waals surface area contributed by atoms with Gasteiger partial charge < -0.3 is 45.8 Å². The Hall–Kier alpha value is -6.89. The van der Waals surface area contributed by atoms with E-state index in [0.29, 0.717) is 24.3 Å². The number of hydrogen-bond donors (Lipinski definition) is 5. The maximum Gasteiger partial charge on any atom is 0.291 e. The van der Waals surface area contributed by atoms with Crippen LogP contribution in [-0.4, -0.2) is 65.0 Å². The largest absolute Gasteiger partial charge is 0.493 e. The highest BCUT2D eigenvalue weighted by Crippen LogP contribution is 2.61. The van der Waals surface area contributed by atoms with E-state index in [1.807, 2.05) is 24.3 Å². The van der Waals surface area contributed by atoms with Gasteiger partial charge in [0.1, 0.15) is 12.2 Å². The maximum absolute atomic E-state index is 12.1. The van der Waals surface area contributed by atoms with Gasteiger partial charge in [0, 0.05) is 50.4 Å². The van der Waals surface area contributed by atoms with Gasteiger partial charge in [0.15, 0.2) is 23.0 Å². The summed E-state index contributed by atoms with van der Waals surface area (Å²) < 4.78 is 25.4. The highest BCUT2D eigenvalue weighted by Gasteiger charge is 2.55. The van der Waals surface area contributed by atoms with E-state index in [2.05, 4.69) is 133 Å². The summed E-state index contributed by atoms with van der Waals surface area (Å²) in [5.41, 5.74) is 15.9. The highest BCUT2D eigenvalue weighted by atomic mass is 79.9. The lowest BCUT2D eigenvalue weighted by Gasteiger charge is -2.35. The molecule has 0 saturated heterocycles. The summed E-state index contributed by atoms with van der Waals surface area (Å²) in [4.78, 5) is 20.5. The van der Waals surface area contributed by atoms with E-state index < -0.39 is 17.3 Å². The molecule has 2 aromatic rings. The van der Waals surface area contributed by atoms with E-state index in [-0.39, 0.29) is 74.6 Å². The highest BCUT2D eigenvalue weighted by molar-refractivity contribution is 9.10. The Balaban J connectivity index is -0.000000177. The summed E-state index contributed by atoms with van der Waals surface area (Å²) in [6.07, 6.45) is 18.3. The molecule has 8 rings (SSSR count). The number of terminal acetylenes is 1. The van der Waals surface area contributed by atoms with Crippen LogP contribution in [0.1, 0.15) is 126 Å². The zero-order valence-corrected chi connectivity index (χ0v) is 39.9. The number of aliphatic hydroxyl groups excluding tert-OH is 2. The smallest absolute Gasteiger partial charge is 0.291 e. The van der Waals surface area contributed by atoms with E-state index in [0.717, 1.165) is 81.2 Å². The summed E-state index contributed by atoms with van der Waals surface area (Å²) in [5.74, 6) is 39.1. The van der Waals surface area contributed by atoms with Gasteiger partial charge in [-0.05, 0) is 139 Å². The fraction of sp³-hybridized carbons (Fsp3) is 0.400. The first kappa shape index (κ1) is 59.2. The van der Waals surface area contributed by atoms with E-state index in [9.17, 15) is 15.0 Å². The van der Waals surface area contributed by atoms with Crippen LogP contribution in [0, 0.1) is 105 Å². The monoisotopic (exact) mass is 1090 g/mol. The van der Waals surface area contributed by atoms with Crippen molar-refractivity contribution in [3.63, 3.8) is 0 Å². The molecular weight excluding hydrogens is 1020 g/mol. The van der Waals surface area contributed by atoms with Crippen molar-refractivity contribution in [2.75, 3.05) is 14.2 Å². The van der Waals surface area contributed by atoms with Gasteiger partial charge >= 0.3 is 0 Å². The number of amides is 1. The number of nitrogens with zero attached hydrogens (tertiary/aromatic N) is 1. The molecule has 8 atom stereocenters. The number of ether oxygens (including phenoxy) is 4. The summed E-state index contributed by atoms with van der Waals surface area (Å²) in [5, 5.41) is 33.7. The number of halogens is 2. The van der Waals surface area contributed by atoms with E-state index >= 15 is 0 Å². The van der Waals surface area contributed by atoms with Crippen molar-refractivity contribution in [1.29, 1.82) is 0 Å². The Labute approximate surface area is 441 Å². The number of nitrogens with two attached hydrogens (primary N) is 2. The van der Waals surface area contributed by atoms with Gasteiger partial charge in [-0.3, -0.25) is 4.79 Å². The predicted octanol–water partition coefficient (Wildman–Crippen LogP) is 9.68. The molecule has 13 nitrogen and oxygen atoms in total. The molecule has 1 amide bonds. The quantitative estimate of drug-likeness (QED) is 0.0846. The third-order valence-electron chi connectivity index (χ3n) is 11.9. The van der Waals surface area contributed by atoms with Crippen LogP contribution in [0.5, 0.6) is 23.0 Å². The topological polar surface area (TPSA) is 210 Å². The van der Waals surface area contributed by atoms with Crippen LogP contribution in [0.3, 0.4) is 0 Å². The van der Waals surface area contributed by atoms with Crippen LogP contribution >= 0.6 is 31.9 Å². The normalized spacial score (nSPS) is 23.8. The number of benzene rings is 2. The van der Waals surface area contributed by atoms with Crippen LogP contribution in [0.25, 0.3) is 0 Å². The molecule has 0 aromatic heterocycles. The third kappa shape index (κ3) is 13.2. The number of aliphatic hydroxyl groups is 2. The molecule has 4 aliphatic carbocycles. The molecule has 0 radical (unpaired) electrons. The average molecular weight is 1100 g/mol. The second-order valence-electron chi connectivity index (χ2n) is 15.6. The molecular formula is C55H73Br2N3O10. The fourth-order valence-electron chi connectivity index (χ4n) is 9.25. The Morgan fingerprint density at radius 3 is 1.56 bits per heavy atom. The van der Waals surface area contributed by atoms with Gasteiger partial charge in [-0.15, -0.1) is 16.5 Å². The first-order valence-electron chi connectivity index (χ1n) is 20.8. The Morgan fingerprint density at radius 1 is 0.771 bits per heavy atom. The lowest BCUT2D eigenvalue weighted by molar-refractivity contribution is -0.742. The number of carbonyl (C=O) groups is 1. The predicted molar refractivity (Wildman–Crippen MR) is 294 cm³/mol. The van der Waals surface area contributed by atoms with Crippen LogP contribution < -0.4 is 30.4 Å². The van der Waals surface area contributed by atoms with E-state index in [1.54, 1.807) is 21.1 Å². The molecule has 7 N–H and O–H groups in total. The van der Waals surface area contributed by atoms with E-state index in [1.165, 1.54) is 0 Å². The SMILES string of the molecule is C.C.C.C#CC#CC#CC#CC#CC#CC#CC#CC.COc1cc(Br)c2c3c1OC1C[C@@H](O)C=CC31CCCC2C(N)=O.COc1cc(Br)c2c3c1OC1C[C@@H](O)C=CC31CCCC2N.O=[N+]([O-])O.[HH].[HH].[HH].[HH].[HH].[HH].[HH].[HH]. The number of hydrogen-bond acceptors (Lipinski definition) is 10. The maximum atomic E-state index is 12.1. The fourth-order valence-corrected chi connectivity index (χ4v) is 10.6. The van der Waals surface area contributed by atoms with Crippen molar-refractivity contribution in [1.82, 2.24) is 0 Å². The second-order valence-corrected chi connectivity index (χ2v) is 17.3. The summed E-state index contributed by atoms with van der Waals surface area (Å²) in [6.45, 7) is 1.70. The molecule has 15 heteroatoms. The minimum absolute atomic E-state index is 0. The second kappa shape index (κ2) is 27.3. The number of carbonyl (C=O) groups excluding carboxylic acids is 1. The zero-order chi connectivity index (χ0) is 48.7. The van der Waals surface area contributed by atoms with Crippen LogP contribution in [0.15, 0.2) is 45.4 Å². The Bertz CT molecular complexity index is 2890. The molecule has 0 bridgehead atoms.